The second-order valence-electron chi connectivity index (χ2n) is 3.57. The van der Waals surface area contributed by atoms with Crippen molar-refractivity contribution in [3.8, 4) is 0 Å². The quantitative estimate of drug-likeness (QED) is 0.691. The number of nitrogens with two attached hydrogens (primary N) is 1. The second kappa shape index (κ2) is 3.88. The Kier molecular flexibility index (Phi) is 2.57. The van der Waals surface area contributed by atoms with Crippen LogP contribution in [0.1, 0.15) is 5.56 Å². The minimum absolute atomic E-state index is 0.00725. The molecule has 1 heterocycles. The molecule has 0 aromatic heterocycles. The first-order valence-corrected chi connectivity index (χ1v) is 4.66. The average Bonchev–Trinajstić information content (AvgIpc) is 2.19. The van der Waals surface area contributed by atoms with Crippen LogP contribution >= 0.6 is 0 Å². The first-order valence-electron chi connectivity index (χ1n) is 4.66. The Morgan fingerprint density at radius 2 is 2.40 bits per heavy atom. The average molecular weight is 207 g/mol. The van der Waals surface area contributed by atoms with E-state index in [9.17, 15) is 4.79 Å². The maximum Gasteiger partial charge on any atom is 0.243 e. The van der Waals surface area contributed by atoms with Crippen molar-refractivity contribution in [2.45, 2.75) is 6.61 Å². The third-order valence-corrected chi connectivity index (χ3v) is 2.38. The summed E-state index contributed by atoms with van der Waals surface area (Å²) >= 11 is 0. The first-order chi connectivity index (χ1) is 7.20. The zero-order valence-electron chi connectivity index (χ0n) is 8.49. The molecule has 0 saturated heterocycles. The van der Waals surface area contributed by atoms with Crippen LogP contribution in [-0.2, 0) is 16.2 Å². The van der Waals surface area contributed by atoms with Gasteiger partial charge in [0.1, 0.15) is 0 Å². The molecule has 5 nitrogen and oxygen atoms in total. The van der Waals surface area contributed by atoms with Gasteiger partial charge in [0, 0.05) is 7.05 Å². The normalized spacial score (nSPS) is 14.8. The van der Waals surface area contributed by atoms with Gasteiger partial charge in [-0.25, -0.2) is 5.90 Å². The summed E-state index contributed by atoms with van der Waals surface area (Å²) in [6, 6.07) is 5.70. The third kappa shape index (κ3) is 1.93. The van der Waals surface area contributed by atoms with Crippen LogP contribution in [0.5, 0.6) is 0 Å². The molecule has 0 fully saturated rings. The summed E-state index contributed by atoms with van der Waals surface area (Å²) < 4.78 is 0. The molecule has 0 spiro atoms. The Hall–Kier alpha value is -1.59. The lowest BCUT2D eigenvalue weighted by Crippen LogP contribution is -2.35. The van der Waals surface area contributed by atoms with Crippen LogP contribution in [0.3, 0.4) is 0 Å². The van der Waals surface area contributed by atoms with Crippen LogP contribution < -0.4 is 16.1 Å². The van der Waals surface area contributed by atoms with Crippen molar-refractivity contribution in [1.29, 1.82) is 0 Å². The molecule has 0 saturated carbocycles. The fourth-order valence-corrected chi connectivity index (χ4v) is 1.68. The minimum atomic E-state index is 0.00725. The van der Waals surface area contributed by atoms with Crippen LogP contribution in [0.25, 0.3) is 0 Å². The highest BCUT2D eigenvalue weighted by Crippen LogP contribution is 2.29. The number of nitrogens with zero attached hydrogens (tertiary/aromatic N) is 1. The third-order valence-electron chi connectivity index (χ3n) is 2.38. The number of carbonyl (C=O) groups excluding carboxylic acids is 1. The molecule has 15 heavy (non-hydrogen) atoms. The number of benzene rings is 1. The Bertz CT molecular complexity index is 392. The van der Waals surface area contributed by atoms with Gasteiger partial charge in [-0.2, -0.15) is 0 Å². The first kappa shape index (κ1) is 9.95. The van der Waals surface area contributed by atoms with E-state index in [4.69, 9.17) is 5.90 Å². The monoisotopic (exact) mass is 207 g/mol. The van der Waals surface area contributed by atoms with E-state index in [0.717, 1.165) is 16.9 Å². The number of carbonyl (C=O) groups is 1. The molecule has 0 unspecified atom stereocenters. The van der Waals surface area contributed by atoms with Gasteiger partial charge in [-0.3, -0.25) is 9.63 Å². The highest BCUT2D eigenvalue weighted by molar-refractivity contribution is 6.01. The fourth-order valence-electron chi connectivity index (χ4n) is 1.68. The molecular formula is C10H13N3O2. The number of likely N-dealkylation sites (N-methyl/N-ethyl adjacent to an activating group) is 1. The summed E-state index contributed by atoms with van der Waals surface area (Å²) in [5, 5.41) is 2.81. The maximum atomic E-state index is 11.2. The van der Waals surface area contributed by atoms with E-state index in [-0.39, 0.29) is 5.91 Å². The van der Waals surface area contributed by atoms with Crippen LogP contribution in [-0.4, -0.2) is 19.5 Å². The van der Waals surface area contributed by atoms with E-state index < -0.39 is 0 Å². The van der Waals surface area contributed by atoms with Crippen molar-refractivity contribution in [1.82, 2.24) is 0 Å². The van der Waals surface area contributed by atoms with E-state index in [1.165, 1.54) is 0 Å². The molecule has 80 valence electrons. The van der Waals surface area contributed by atoms with Gasteiger partial charge in [0.15, 0.2) is 0 Å². The van der Waals surface area contributed by atoms with Crippen LogP contribution in [0.2, 0.25) is 0 Å². The Morgan fingerprint density at radius 3 is 3.13 bits per heavy atom. The van der Waals surface area contributed by atoms with Gasteiger partial charge in [0.25, 0.3) is 0 Å². The molecule has 2 rings (SSSR count). The number of rotatable bonds is 2. The summed E-state index contributed by atoms with van der Waals surface area (Å²) in [5.74, 6) is 5.02. The molecule has 0 bridgehead atoms. The van der Waals surface area contributed by atoms with E-state index in [1.807, 2.05) is 30.1 Å². The van der Waals surface area contributed by atoms with E-state index >= 15 is 0 Å². The lowest BCUT2D eigenvalue weighted by atomic mass is 10.1. The van der Waals surface area contributed by atoms with Crippen molar-refractivity contribution in [2.24, 2.45) is 5.90 Å². The zero-order valence-corrected chi connectivity index (χ0v) is 8.49. The lowest BCUT2D eigenvalue weighted by Gasteiger charge is -2.27. The van der Waals surface area contributed by atoms with Crippen molar-refractivity contribution < 1.29 is 9.63 Å². The highest BCUT2D eigenvalue weighted by Gasteiger charge is 2.18. The SMILES string of the molecule is CN1CC(=O)Nc2ccc(CON)cc21. The molecule has 0 radical (unpaired) electrons. The van der Waals surface area contributed by atoms with Gasteiger partial charge < -0.3 is 10.2 Å². The smallest absolute Gasteiger partial charge is 0.243 e. The fraction of sp³-hybridized carbons (Fsp3) is 0.300. The molecule has 1 aliphatic heterocycles. The van der Waals surface area contributed by atoms with Crippen molar-refractivity contribution in [3.63, 3.8) is 0 Å². The predicted octanol–water partition coefficient (Wildman–Crippen LogP) is 0.465. The number of hydrogen-bond acceptors (Lipinski definition) is 4. The van der Waals surface area contributed by atoms with E-state index in [0.29, 0.717) is 13.2 Å². The summed E-state index contributed by atoms with van der Waals surface area (Å²) in [6.45, 7) is 0.745. The summed E-state index contributed by atoms with van der Waals surface area (Å²) in [6.07, 6.45) is 0. The largest absolute Gasteiger partial charge is 0.364 e. The molecule has 1 aliphatic rings. The van der Waals surface area contributed by atoms with Gasteiger partial charge in [0.2, 0.25) is 5.91 Å². The Labute approximate surface area is 87.8 Å². The molecule has 1 amide bonds. The van der Waals surface area contributed by atoms with Crippen molar-refractivity contribution in [2.75, 3.05) is 23.8 Å². The Balaban J connectivity index is 2.34. The highest BCUT2D eigenvalue weighted by atomic mass is 16.6. The van der Waals surface area contributed by atoms with Gasteiger partial charge >= 0.3 is 0 Å². The summed E-state index contributed by atoms with van der Waals surface area (Å²) in [4.78, 5) is 17.7. The molecule has 1 aromatic carbocycles. The van der Waals surface area contributed by atoms with Gasteiger partial charge in [-0.15, -0.1) is 0 Å². The van der Waals surface area contributed by atoms with Crippen molar-refractivity contribution >= 4 is 17.3 Å². The topological polar surface area (TPSA) is 67.6 Å². The molecule has 1 aromatic rings. The van der Waals surface area contributed by atoms with Crippen LogP contribution in [0, 0.1) is 0 Å². The lowest BCUT2D eigenvalue weighted by molar-refractivity contribution is -0.115. The van der Waals surface area contributed by atoms with Crippen LogP contribution in [0.15, 0.2) is 18.2 Å². The molecular weight excluding hydrogens is 194 g/mol. The zero-order chi connectivity index (χ0) is 10.8. The summed E-state index contributed by atoms with van der Waals surface area (Å²) in [7, 11) is 1.88. The maximum absolute atomic E-state index is 11.2. The van der Waals surface area contributed by atoms with Crippen molar-refractivity contribution in [3.05, 3.63) is 23.8 Å². The standard InChI is InChI=1S/C10H13N3O2/c1-13-5-10(14)12-8-3-2-7(6-15-11)4-9(8)13/h2-4H,5-6,11H2,1H3,(H,12,14). The van der Waals surface area contributed by atoms with E-state index in [2.05, 4.69) is 10.2 Å². The number of nitrogens with one attached hydrogen (secondary N) is 1. The Morgan fingerprint density at radius 1 is 1.60 bits per heavy atom. The predicted molar refractivity (Wildman–Crippen MR) is 57.3 cm³/mol. The van der Waals surface area contributed by atoms with E-state index in [1.54, 1.807) is 0 Å². The molecule has 0 atom stereocenters. The molecule has 5 heteroatoms. The summed E-state index contributed by atoms with van der Waals surface area (Å²) in [5.41, 5.74) is 2.80. The number of anilines is 2. The number of hydrogen-bond donors (Lipinski definition) is 2. The van der Waals surface area contributed by atoms with Gasteiger partial charge in [-0.1, -0.05) is 6.07 Å². The molecule has 0 aliphatic carbocycles. The molecule has 3 N–H and O–H groups in total. The van der Waals surface area contributed by atoms with Gasteiger partial charge in [-0.05, 0) is 17.7 Å². The van der Waals surface area contributed by atoms with Crippen LogP contribution in [0.4, 0.5) is 11.4 Å². The minimum Gasteiger partial charge on any atom is -0.364 e. The number of fused-ring (bicyclic) bond motifs is 1. The second-order valence-corrected chi connectivity index (χ2v) is 3.57. The van der Waals surface area contributed by atoms with Gasteiger partial charge in [0.05, 0.1) is 24.5 Å². The number of amides is 1.